The standard InChI is InChI=1S/C10H16O2/c1-5-10(3,4)7-6-8(2)9(11)12/h5-6H,1,7H2,2-4H3,(H,11,12)/b8-6+. The quantitative estimate of drug-likeness (QED) is 0.517. The number of hydrogen-bond donors (Lipinski definition) is 1. The molecule has 0 saturated heterocycles. The summed E-state index contributed by atoms with van der Waals surface area (Å²) in [6.45, 7) is 9.32. The van der Waals surface area contributed by atoms with E-state index < -0.39 is 5.97 Å². The van der Waals surface area contributed by atoms with Crippen molar-refractivity contribution in [1.29, 1.82) is 0 Å². The molecule has 0 rings (SSSR count). The Hall–Kier alpha value is -1.05. The van der Waals surface area contributed by atoms with E-state index in [1.165, 1.54) is 0 Å². The van der Waals surface area contributed by atoms with Crippen molar-refractivity contribution in [1.82, 2.24) is 0 Å². The average molecular weight is 168 g/mol. The molecule has 0 bridgehead atoms. The molecule has 0 aromatic carbocycles. The third-order valence-corrected chi connectivity index (χ3v) is 1.82. The third-order valence-electron chi connectivity index (χ3n) is 1.82. The maximum atomic E-state index is 10.4. The Balaban J connectivity index is 4.22. The van der Waals surface area contributed by atoms with Crippen molar-refractivity contribution in [2.24, 2.45) is 5.41 Å². The SMILES string of the molecule is C=CC(C)(C)C/C=C(\C)C(=O)O. The van der Waals surface area contributed by atoms with E-state index in [1.54, 1.807) is 13.0 Å². The van der Waals surface area contributed by atoms with Crippen LogP contribution in [0.2, 0.25) is 0 Å². The van der Waals surface area contributed by atoms with E-state index in [0.717, 1.165) is 0 Å². The van der Waals surface area contributed by atoms with E-state index >= 15 is 0 Å². The number of aliphatic carboxylic acids is 1. The Kier molecular flexibility index (Phi) is 3.74. The van der Waals surface area contributed by atoms with Gasteiger partial charge in [0.1, 0.15) is 0 Å². The molecule has 0 amide bonds. The van der Waals surface area contributed by atoms with Crippen LogP contribution in [-0.2, 0) is 4.79 Å². The van der Waals surface area contributed by atoms with Crippen molar-refractivity contribution in [3.63, 3.8) is 0 Å². The molecular weight excluding hydrogens is 152 g/mol. The Morgan fingerprint density at radius 2 is 2.08 bits per heavy atom. The van der Waals surface area contributed by atoms with Crippen LogP contribution >= 0.6 is 0 Å². The highest BCUT2D eigenvalue weighted by molar-refractivity contribution is 5.85. The van der Waals surface area contributed by atoms with Crippen LogP contribution in [0.3, 0.4) is 0 Å². The monoisotopic (exact) mass is 168 g/mol. The maximum Gasteiger partial charge on any atom is 0.330 e. The van der Waals surface area contributed by atoms with Crippen LogP contribution in [0.5, 0.6) is 0 Å². The summed E-state index contributed by atoms with van der Waals surface area (Å²) in [5.74, 6) is -0.852. The molecule has 0 atom stereocenters. The molecule has 2 nitrogen and oxygen atoms in total. The largest absolute Gasteiger partial charge is 0.478 e. The van der Waals surface area contributed by atoms with Gasteiger partial charge in [-0.2, -0.15) is 0 Å². The molecule has 0 saturated carbocycles. The van der Waals surface area contributed by atoms with Gasteiger partial charge in [-0.15, -0.1) is 6.58 Å². The normalized spacial score (nSPS) is 12.8. The fourth-order valence-corrected chi connectivity index (χ4v) is 0.587. The maximum absolute atomic E-state index is 10.4. The van der Waals surface area contributed by atoms with Crippen LogP contribution in [0.15, 0.2) is 24.3 Å². The number of hydrogen-bond acceptors (Lipinski definition) is 1. The fraction of sp³-hybridized carbons (Fsp3) is 0.500. The first-order valence-corrected chi connectivity index (χ1v) is 3.93. The highest BCUT2D eigenvalue weighted by Gasteiger charge is 2.11. The number of allylic oxidation sites excluding steroid dienone is 2. The van der Waals surface area contributed by atoms with Gasteiger partial charge in [-0.1, -0.05) is 26.0 Å². The molecule has 12 heavy (non-hydrogen) atoms. The van der Waals surface area contributed by atoms with Gasteiger partial charge in [-0.3, -0.25) is 0 Å². The van der Waals surface area contributed by atoms with Gasteiger partial charge in [0.25, 0.3) is 0 Å². The second-order valence-electron chi connectivity index (χ2n) is 3.59. The van der Waals surface area contributed by atoms with Gasteiger partial charge < -0.3 is 5.11 Å². The minimum absolute atomic E-state index is 0.0172. The van der Waals surface area contributed by atoms with Crippen molar-refractivity contribution in [3.05, 3.63) is 24.3 Å². The molecule has 0 aromatic rings. The molecule has 0 aliphatic rings. The van der Waals surface area contributed by atoms with Crippen molar-refractivity contribution in [3.8, 4) is 0 Å². The first-order valence-electron chi connectivity index (χ1n) is 3.93. The predicted molar refractivity (Wildman–Crippen MR) is 50.0 cm³/mol. The predicted octanol–water partition coefficient (Wildman–Crippen LogP) is 2.62. The van der Waals surface area contributed by atoms with Crippen molar-refractivity contribution in [2.75, 3.05) is 0 Å². The summed E-state index contributed by atoms with van der Waals surface area (Å²) in [4.78, 5) is 10.4. The minimum atomic E-state index is -0.852. The topological polar surface area (TPSA) is 37.3 Å². The second-order valence-corrected chi connectivity index (χ2v) is 3.59. The summed E-state index contributed by atoms with van der Waals surface area (Å²) in [5, 5.41) is 8.56. The summed E-state index contributed by atoms with van der Waals surface area (Å²) in [6, 6.07) is 0. The first kappa shape index (κ1) is 11.0. The van der Waals surface area contributed by atoms with Gasteiger partial charge >= 0.3 is 5.97 Å². The molecule has 2 heteroatoms. The van der Waals surface area contributed by atoms with Crippen LogP contribution < -0.4 is 0 Å². The van der Waals surface area contributed by atoms with Gasteiger partial charge in [0.2, 0.25) is 0 Å². The lowest BCUT2D eigenvalue weighted by molar-refractivity contribution is -0.132. The van der Waals surface area contributed by atoms with Crippen LogP contribution in [0.1, 0.15) is 27.2 Å². The van der Waals surface area contributed by atoms with Crippen LogP contribution in [0, 0.1) is 5.41 Å². The molecule has 0 unspecified atom stereocenters. The number of rotatable bonds is 4. The highest BCUT2D eigenvalue weighted by Crippen LogP contribution is 2.22. The molecule has 0 aliphatic carbocycles. The molecule has 0 fully saturated rings. The van der Waals surface area contributed by atoms with Crippen LogP contribution in [0.25, 0.3) is 0 Å². The molecule has 0 aromatic heterocycles. The van der Waals surface area contributed by atoms with Gasteiger partial charge in [0, 0.05) is 5.57 Å². The molecular formula is C10H16O2. The third kappa shape index (κ3) is 3.96. The lowest BCUT2D eigenvalue weighted by atomic mass is 9.89. The lowest BCUT2D eigenvalue weighted by Crippen LogP contribution is -2.06. The Morgan fingerprint density at radius 3 is 2.42 bits per heavy atom. The fourth-order valence-electron chi connectivity index (χ4n) is 0.587. The molecule has 0 heterocycles. The first-order chi connectivity index (χ1) is 5.39. The van der Waals surface area contributed by atoms with E-state index in [4.69, 9.17) is 5.11 Å². The van der Waals surface area contributed by atoms with Crippen molar-refractivity contribution in [2.45, 2.75) is 27.2 Å². The molecule has 1 N–H and O–H groups in total. The van der Waals surface area contributed by atoms with E-state index in [1.807, 2.05) is 19.9 Å². The zero-order valence-corrected chi connectivity index (χ0v) is 7.92. The van der Waals surface area contributed by atoms with Gasteiger partial charge in [-0.25, -0.2) is 4.79 Å². The Labute approximate surface area is 73.6 Å². The Bertz CT molecular complexity index is 212. The Morgan fingerprint density at radius 1 is 1.58 bits per heavy atom. The van der Waals surface area contributed by atoms with E-state index in [0.29, 0.717) is 12.0 Å². The number of carboxylic acids is 1. The summed E-state index contributed by atoms with van der Waals surface area (Å²) < 4.78 is 0. The average Bonchev–Trinajstić information content (AvgIpc) is 2.00. The number of carboxylic acid groups (broad SMARTS) is 1. The summed E-state index contributed by atoms with van der Waals surface area (Å²) >= 11 is 0. The summed E-state index contributed by atoms with van der Waals surface area (Å²) in [5.41, 5.74) is 0.376. The number of carbonyl (C=O) groups is 1. The van der Waals surface area contributed by atoms with E-state index in [9.17, 15) is 4.79 Å². The zero-order chi connectivity index (χ0) is 9.78. The van der Waals surface area contributed by atoms with Crippen molar-refractivity contribution < 1.29 is 9.90 Å². The van der Waals surface area contributed by atoms with Crippen LogP contribution in [0.4, 0.5) is 0 Å². The lowest BCUT2D eigenvalue weighted by Gasteiger charge is -2.16. The summed E-state index contributed by atoms with van der Waals surface area (Å²) in [7, 11) is 0. The van der Waals surface area contributed by atoms with E-state index in [2.05, 4.69) is 6.58 Å². The van der Waals surface area contributed by atoms with Gasteiger partial charge in [0.15, 0.2) is 0 Å². The smallest absolute Gasteiger partial charge is 0.330 e. The highest BCUT2D eigenvalue weighted by atomic mass is 16.4. The molecule has 68 valence electrons. The van der Waals surface area contributed by atoms with Gasteiger partial charge in [-0.05, 0) is 18.8 Å². The second kappa shape index (κ2) is 4.10. The zero-order valence-electron chi connectivity index (χ0n) is 7.92. The molecule has 0 aliphatic heterocycles. The van der Waals surface area contributed by atoms with Crippen LogP contribution in [-0.4, -0.2) is 11.1 Å². The van der Waals surface area contributed by atoms with Gasteiger partial charge in [0.05, 0.1) is 0 Å². The molecule has 0 radical (unpaired) electrons. The molecule has 0 spiro atoms. The summed E-state index contributed by atoms with van der Waals surface area (Å²) in [6.07, 6.45) is 4.28. The minimum Gasteiger partial charge on any atom is -0.478 e. The van der Waals surface area contributed by atoms with E-state index in [-0.39, 0.29) is 5.41 Å². The van der Waals surface area contributed by atoms with Crippen molar-refractivity contribution >= 4 is 5.97 Å².